The number of aromatic nitrogens is 1. The molecule has 0 aliphatic rings. The highest BCUT2D eigenvalue weighted by Crippen LogP contribution is 2.11. The Morgan fingerprint density at radius 1 is 1.35 bits per heavy atom. The van der Waals surface area contributed by atoms with Gasteiger partial charge in [0.15, 0.2) is 5.43 Å². The van der Waals surface area contributed by atoms with Crippen LogP contribution in [-0.2, 0) is 17.8 Å². The van der Waals surface area contributed by atoms with Crippen LogP contribution in [0, 0.1) is 0 Å². The third-order valence-corrected chi connectivity index (χ3v) is 2.75. The molecular formula is C13H13NO3. The number of carboxylic acid groups (broad SMARTS) is 1. The lowest BCUT2D eigenvalue weighted by atomic mass is 10.1. The van der Waals surface area contributed by atoms with Crippen LogP contribution in [-0.4, -0.2) is 15.6 Å². The predicted octanol–water partition coefficient (Wildman–Crippen LogP) is 1.65. The smallest absolute Gasteiger partial charge is 0.323 e. The van der Waals surface area contributed by atoms with Gasteiger partial charge in [-0.25, -0.2) is 0 Å². The highest BCUT2D eigenvalue weighted by molar-refractivity contribution is 5.81. The van der Waals surface area contributed by atoms with Crippen molar-refractivity contribution in [3.8, 4) is 0 Å². The number of aryl methyl sites for hydroxylation is 1. The number of pyridine rings is 1. The number of hydrogen-bond donors (Lipinski definition) is 1. The zero-order valence-corrected chi connectivity index (χ0v) is 9.51. The van der Waals surface area contributed by atoms with E-state index in [1.165, 1.54) is 0 Å². The molecule has 0 unspecified atom stereocenters. The summed E-state index contributed by atoms with van der Waals surface area (Å²) >= 11 is 0. The lowest BCUT2D eigenvalue weighted by Gasteiger charge is -2.10. The SMILES string of the molecule is CCc1cn(CC(=O)O)c2ccccc2c1=O. The molecule has 0 fully saturated rings. The quantitative estimate of drug-likeness (QED) is 0.873. The number of nitrogens with zero attached hydrogens (tertiary/aromatic N) is 1. The van der Waals surface area contributed by atoms with Crippen molar-refractivity contribution in [2.75, 3.05) is 0 Å². The molecule has 4 nitrogen and oxygen atoms in total. The summed E-state index contributed by atoms with van der Waals surface area (Å²) in [4.78, 5) is 22.8. The molecule has 0 amide bonds. The van der Waals surface area contributed by atoms with Crippen LogP contribution in [0.5, 0.6) is 0 Å². The van der Waals surface area contributed by atoms with Crippen molar-refractivity contribution in [3.63, 3.8) is 0 Å². The van der Waals surface area contributed by atoms with Gasteiger partial charge in [0.2, 0.25) is 0 Å². The van der Waals surface area contributed by atoms with E-state index in [0.717, 1.165) is 0 Å². The minimum Gasteiger partial charge on any atom is -0.480 e. The highest BCUT2D eigenvalue weighted by atomic mass is 16.4. The van der Waals surface area contributed by atoms with Crippen molar-refractivity contribution in [1.82, 2.24) is 4.57 Å². The fourth-order valence-corrected chi connectivity index (χ4v) is 1.93. The second-order valence-corrected chi connectivity index (χ2v) is 3.88. The molecule has 0 radical (unpaired) electrons. The van der Waals surface area contributed by atoms with E-state index in [9.17, 15) is 9.59 Å². The van der Waals surface area contributed by atoms with Gasteiger partial charge in [-0.3, -0.25) is 9.59 Å². The van der Waals surface area contributed by atoms with E-state index in [1.807, 2.05) is 6.92 Å². The Balaban J connectivity index is 2.78. The van der Waals surface area contributed by atoms with Gasteiger partial charge in [-0.2, -0.15) is 0 Å². The number of hydrogen-bond acceptors (Lipinski definition) is 2. The van der Waals surface area contributed by atoms with Crippen LogP contribution >= 0.6 is 0 Å². The molecule has 0 atom stereocenters. The van der Waals surface area contributed by atoms with Gasteiger partial charge in [-0.05, 0) is 18.6 Å². The van der Waals surface area contributed by atoms with Crippen molar-refractivity contribution in [2.45, 2.75) is 19.9 Å². The molecule has 2 aromatic rings. The highest BCUT2D eigenvalue weighted by Gasteiger charge is 2.09. The fraction of sp³-hybridized carbons (Fsp3) is 0.231. The molecule has 1 aromatic heterocycles. The predicted molar refractivity (Wildman–Crippen MR) is 65.2 cm³/mol. The van der Waals surface area contributed by atoms with Crippen LogP contribution in [0.3, 0.4) is 0 Å². The molecular weight excluding hydrogens is 218 g/mol. The van der Waals surface area contributed by atoms with Gasteiger partial charge in [-0.15, -0.1) is 0 Å². The van der Waals surface area contributed by atoms with Crippen LogP contribution in [0.25, 0.3) is 10.9 Å². The van der Waals surface area contributed by atoms with Crippen LogP contribution in [0.1, 0.15) is 12.5 Å². The number of carboxylic acids is 1. The van der Waals surface area contributed by atoms with Gasteiger partial charge in [0.25, 0.3) is 0 Å². The minimum absolute atomic E-state index is 0.00950. The zero-order chi connectivity index (χ0) is 12.4. The van der Waals surface area contributed by atoms with Crippen molar-refractivity contribution in [2.24, 2.45) is 0 Å². The summed E-state index contributed by atoms with van der Waals surface area (Å²) in [6, 6.07) is 7.08. The summed E-state index contributed by atoms with van der Waals surface area (Å²) in [5.74, 6) is -0.916. The van der Waals surface area contributed by atoms with Crippen molar-refractivity contribution >= 4 is 16.9 Å². The molecule has 1 aromatic carbocycles. The van der Waals surface area contributed by atoms with Gasteiger partial charge >= 0.3 is 5.97 Å². The normalized spacial score (nSPS) is 10.6. The second-order valence-electron chi connectivity index (χ2n) is 3.88. The topological polar surface area (TPSA) is 59.3 Å². The van der Waals surface area contributed by atoms with E-state index in [1.54, 1.807) is 35.0 Å². The standard InChI is InChI=1S/C13H13NO3/c1-2-9-7-14(8-12(15)16)11-6-4-3-5-10(11)13(9)17/h3-7H,2,8H2,1H3,(H,15,16). The maximum absolute atomic E-state index is 12.0. The van der Waals surface area contributed by atoms with E-state index in [0.29, 0.717) is 22.9 Å². The summed E-state index contributed by atoms with van der Waals surface area (Å²) in [6.07, 6.45) is 2.24. The zero-order valence-electron chi connectivity index (χ0n) is 9.51. The monoisotopic (exact) mass is 231 g/mol. The maximum atomic E-state index is 12.0. The molecule has 4 heteroatoms. The second kappa shape index (κ2) is 4.41. The molecule has 0 aliphatic carbocycles. The van der Waals surface area contributed by atoms with Crippen LogP contribution < -0.4 is 5.43 Å². The Bertz CT molecular complexity index is 628. The Morgan fingerprint density at radius 2 is 2.06 bits per heavy atom. The summed E-state index contributed by atoms with van der Waals surface area (Å²) in [6.45, 7) is 1.75. The van der Waals surface area contributed by atoms with Gasteiger partial charge in [0.1, 0.15) is 6.54 Å². The Kier molecular flexibility index (Phi) is 2.95. The molecule has 88 valence electrons. The fourth-order valence-electron chi connectivity index (χ4n) is 1.93. The van der Waals surface area contributed by atoms with E-state index in [-0.39, 0.29) is 12.0 Å². The molecule has 0 saturated carbocycles. The van der Waals surface area contributed by atoms with Crippen molar-refractivity contribution in [3.05, 3.63) is 46.2 Å². The molecule has 1 heterocycles. The van der Waals surface area contributed by atoms with Crippen LogP contribution in [0.15, 0.2) is 35.3 Å². The molecule has 0 saturated heterocycles. The summed E-state index contributed by atoms with van der Waals surface area (Å²) in [7, 11) is 0. The summed E-state index contributed by atoms with van der Waals surface area (Å²) < 4.78 is 1.61. The molecule has 0 aliphatic heterocycles. The number of carbonyl (C=O) groups is 1. The molecule has 0 spiro atoms. The Hall–Kier alpha value is -2.10. The third kappa shape index (κ3) is 2.06. The first-order valence-corrected chi connectivity index (χ1v) is 5.46. The average Bonchev–Trinajstić information content (AvgIpc) is 2.32. The number of rotatable bonds is 3. The first kappa shape index (κ1) is 11.4. The molecule has 1 N–H and O–H groups in total. The lowest BCUT2D eigenvalue weighted by molar-refractivity contribution is -0.137. The van der Waals surface area contributed by atoms with E-state index < -0.39 is 5.97 Å². The van der Waals surface area contributed by atoms with E-state index in [4.69, 9.17) is 5.11 Å². The van der Waals surface area contributed by atoms with Gasteiger partial charge in [0.05, 0.1) is 5.52 Å². The van der Waals surface area contributed by atoms with E-state index >= 15 is 0 Å². The first-order chi connectivity index (χ1) is 8.13. The van der Waals surface area contributed by atoms with Crippen LogP contribution in [0.4, 0.5) is 0 Å². The Labute approximate surface area is 98.1 Å². The summed E-state index contributed by atoms with van der Waals surface area (Å²) in [5, 5.41) is 9.44. The number of fused-ring (bicyclic) bond motifs is 1. The van der Waals surface area contributed by atoms with Gasteiger partial charge in [0, 0.05) is 17.1 Å². The van der Waals surface area contributed by atoms with Crippen LogP contribution in [0.2, 0.25) is 0 Å². The summed E-state index contributed by atoms with van der Waals surface area (Å²) in [5.41, 5.74) is 1.30. The van der Waals surface area contributed by atoms with E-state index in [2.05, 4.69) is 0 Å². The Morgan fingerprint density at radius 3 is 2.71 bits per heavy atom. The minimum atomic E-state index is -0.916. The van der Waals surface area contributed by atoms with Crippen molar-refractivity contribution < 1.29 is 9.90 Å². The number of aliphatic carboxylic acids is 1. The molecule has 0 bridgehead atoms. The first-order valence-electron chi connectivity index (χ1n) is 5.46. The van der Waals surface area contributed by atoms with Gasteiger partial charge < -0.3 is 9.67 Å². The molecule has 17 heavy (non-hydrogen) atoms. The largest absolute Gasteiger partial charge is 0.480 e. The third-order valence-electron chi connectivity index (χ3n) is 2.75. The van der Waals surface area contributed by atoms with Gasteiger partial charge in [-0.1, -0.05) is 19.1 Å². The lowest BCUT2D eigenvalue weighted by Crippen LogP contribution is -2.17. The number of para-hydroxylation sites is 1. The van der Waals surface area contributed by atoms with Crippen molar-refractivity contribution in [1.29, 1.82) is 0 Å². The average molecular weight is 231 g/mol. The maximum Gasteiger partial charge on any atom is 0.323 e. The number of benzene rings is 1. The molecule has 2 rings (SSSR count).